The van der Waals surface area contributed by atoms with Crippen molar-refractivity contribution < 1.29 is 14.3 Å². The number of carbonyl (C=O) groups is 1. The van der Waals surface area contributed by atoms with Crippen LogP contribution >= 0.6 is 0 Å². The Morgan fingerprint density at radius 1 is 1.31 bits per heavy atom. The molecule has 2 fully saturated rings. The number of amides is 1. The summed E-state index contributed by atoms with van der Waals surface area (Å²) in [6.45, 7) is 4.73. The zero-order valence-corrected chi connectivity index (χ0v) is 7.85. The Kier molecular flexibility index (Phi) is 1.83. The second-order valence-corrected chi connectivity index (χ2v) is 4.11. The summed E-state index contributed by atoms with van der Waals surface area (Å²) in [4.78, 5) is 11.0. The minimum atomic E-state index is -0.529. The number of nitrogens with one attached hydrogen (secondary N) is 2. The van der Waals surface area contributed by atoms with Crippen LogP contribution in [0.5, 0.6) is 0 Å². The van der Waals surface area contributed by atoms with Gasteiger partial charge in [0.2, 0.25) is 5.91 Å². The Morgan fingerprint density at radius 2 is 1.92 bits per heavy atom. The summed E-state index contributed by atoms with van der Waals surface area (Å²) in [5.74, 6) is -0.537. The van der Waals surface area contributed by atoms with E-state index in [0.29, 0.717) is 19.6 Å². The van der Waals surface area contributed by atoms with E-state index in [-0.39, 0.29) is 11.4 Å². The molecule has 2 saturated heterocycles. The Hall–Kier alpha value is -0.650. The first kappa shape index (κ1) is 8.93. The molecule has 0 unspecified atom stereocenters. The van der Waals surface area contributed by atoms with Crippen molar-refractivity contribution >= 4 is 5.91 Å². The van der Waals surface area contributed by atoms with Crippen molar-refractivity contribution in [3.8, 4) is 0 Å². The van der Waals surface area contributed by atoms with E-state index >= 15 is 0 Å². The first-order chi connectivity index (χ1) is 6.02. The highest BCUT2D eigenvalue weighted by Gasteiger charge is 2.45. The molecule has 2 aliphatic heterocycles. The van der Waals surface area contributed by atoms with Gasteiger partial charge in [-0.2, -0.15) is 0 Å². The van der Waals surface area contributed by atoms with Crippen LogP contribution in [0.25, 0.3) is 0 Å². The van der Waals surface area contributed by atoms with Crippen molar-refractivity contribution in [1.29, 1.82) is 0 Å². The third-order valence-corrected chi connectivity index (χ3v) is 2.36. The summed E-state index contributed by atoms with van der Waals surface area (Å²) in [7, 11) is 0. The summed E-state index contributed by atoms with van der Waals surface area (Å²) in [6, 6.07) is 0. The van der Waals surface area contributed by atoms with Gasteiger partial charge in [-0.3, -0.25) is 10.2 Å². The molecule has 1 amide bonds. The lowest BCUT2D eigenvalue weighted by molar-refractivity contribution is -0.269. The molecule has 2 rings (SSSR count). The fourth-order valence-electron chi connectivity index (χ4n) is 1.48. The van der Waals surface area contributed by atoms with E-state index < -0.39 is 5.79 Å². The molecule has 0 aliphatic carbocycles. The van der Waals surface area contributed by atoms with Crippen LogP contribution in [0.2, 0.25) is 0 Å². The molecule has 0 aromatic heterocycles. The van der Waals surface area contributed by atoms with Gasteiger partial charge in [0.25, 0.3) is 0 Å². The van der Waals surface area contributed by atoms with Crippen molar-refractivity contribution in [3.63, 3.8) is 0 Å². The second kappa shape index (κ2) is 2.67. The van der Waals surface area contributed by atoms with E-state index in [9.17, 15) is 4.79 Å². The predicted octanol–water partition coefficient (Wildman–Crippen LogP) is -0.467. The minimum absolute atomic E-state index is 0.00749. The van der Waals surface area contributed by atoms with Gasteiger partial charge in [-0.1, -0.05) is 0 Å². The maximum Gasteiger partial charge on any atom is 0.236 e. The van der Waals surface area contributed by atoms with Crippen LogP contribution < -0.4 is 10.9 Å². The van der Waals surface area contributed by atoms with Gasteiger partial charge in [0.05, 0.1) is 25.2 Å². The molecule has 2 N–H and O–H groups in total. The van der Waals surface area contributed by atoms with Gasteiger partial charge in [-0.15, -0.1) is 0 Å². The second-order valence-electron chi connectivity index (χ2n) is 4.11. The molecule has 5 heteroatoms. The minimum Gasteiger partial charge on any atom is -0.348 e. The van der Waals surface area contributed by atoms with Gasteiger partial charge in [0, 0.05) is 0 Å². The number of hydrogen-bond acceptors (Lipinski definition) is 4. The van der Waals surface area contributed by atoms with E-state index in [0.717, 1.165) is 0 Å². The molecule has 74 valence electrons. The molecule has 1 spiro atoms. The smallest absolute Gasteiger partial charge is 0.236 e. The molecular formula is C8H14N2O3. The SMILES string of the molecule is CC1(C)OCC2(CO1)CC(=O)NN2. The normalized spacial score (nSPS) is 30.5. The van der Waals surface area contributed by atoms with E-state index in [1.807, 2.05) is 13.8 Å². The van der Waals surface area contributed by atoms with Gasteiger partial charge in [0.15, 0.2) is 5.79 Å². The first-order valence-electron chi connectivity index (χ1n) is 4.35. The fraction of sp³-hybridized carbons (Fsp3) is 0.875. The van der Waals surface area contributed by atoms with Crippen molar-refractivity contribution in [2.45, 2.75) is 31.6 Å². The van der Waals surface area contributed by atoms with Crippen LogP contribution in [-0.2, 0) is 14.3 Å². The molecule has 0 radical (unpaired) electrons. The summed E-state index contributed by atoms with van der Waals surface area (Å²) >= 11 is 0. The van der Waals surface area contributed by atoms with Gasteiger partial charge in [-0.05, 0) is 13.8 Å². The van der Waals surface area contributed by atoms with Crippen molar-refractivity contribution in [3.05, 3.63) is 0 Å². The van der Waals surface area contributed by atoms with Crippen LogP contribution in [0.4, 0.5) is 0 Å². The largest absolute Gasteiger partial charge is 0.348 e. The number of ether oxygens (including phenoxy) is 2. The molecule has 0 aromatic carbocycles. The van der Waals surface area contributed by atoms with Gasteiger partial charge in [-0.25, -0.2) is 5.43 Å². The van der Waals surface area contributed by atoms with E-state index in [1.54, 1.807) is 0 Å². The maximum absolute atomic E-state index is 11.0. The quantitative estimate of drug-likeness (QED) is 0.537. The predicted molar refractivity (Wildman–Crippen MR) is 44.6 cm³/mol. The summed E-state index contributed by atoms with van der Waals surface area (Å²) in [5, 5.41) is 0. The van der Waals surface area contributed by atoms with Crippen molar-refractivity contribution in [2.24, 2.45) is 0 Å². The molecule has 0 bridgehead atoms. The topological polar surface area (TPSA) is 59.6 Å². The van der Waals surface area contributed by atoms with E-state index in [2.05, 4.69) is 10.9 Å². The highest BCUT2D eigenvalue weighted by Crippen LogP contribution is 2.26. The molecule has 0 aromatic rings. The van der Waals surface area contributed by atoms with Crippen molar-refractivity contribution in [1.82, 2.24) is 10.9 Å². The Morgan fingerprint density at radius 3 is 2.38 bits per heavy atom. The lowest BCUT2D eigenvalue weighted by atomic mass is 9.98. The third-order valence-electron chi connectivity index (χ3n) is 2.36. The Bertz CT molecular complexity index is 230. The average Bonchev–Trinajstić information content (AvgIpc) is 2.41. The standard InChI is InChI=1S/C8H14N2O3/c1-7(2)12-4-8(5-13-7)3-6(11)9-10-8/h10H,3-5H2,1-2H3,(H,9,11). The van der Waals surface area contributed by atoms with Crippen LogP contribution in [0, 0.1) is 0 Å². The summed E-state index contributed by atoms with van der Waals surface area (Å²) in [6.07, 6.45) is 0.420. The van der Waals surface area contributed by atoms with Crippen molar-refractivity contribution in [2.75, 3.05) is 13.2 Å². The maximum atomic E-state index is 11.0. The third kappa shape index (κ3) is 1.67. The van der Waals surface area contributed by atoms with E-state index in [1.165, 1.54) is 0 Å². The van der Waals surface area contributed by atoms with Crippen LogP contribution in [0.3, 0.4) is 0 Å². The molecule has 2 heterocycles. The molecule has 5 nitrogen and oxygen atoms in total. The van der Waals surface area contributed by atoms with E-state index in [4.69, 9.17) is 9.47 Å². The number of hydrogen-bond donors (Lipinski definition) is 2. The summed E-state index contributed by atoms with van der Waals surface area (Å²) < 4.78 is 10.9. The molecule has 0 atom stereocenters. The summed E-state index contributed by atoms with van der Waals surface area (Å²) in [5.41, 5.74) is 5.11. The number of carbonyl (C=O) groups excluding carboxylic acids is 1. The molecular weight excluding hydrogens is 172 g/mol. The zero-order chi connectivity index (χ0) is 9.53. The number of rotatable bonds is 0. The van der Waals surface area contributed by atoms with Gasteiger partial charge < -0.3 is 9.47 Å². The lowest BCUT2D eigenvalue weighted by Crippen LogP contribution is -2.58. The first-order valence-corrected chi connectivity index (χ1v) is 4.35. The monoisotopic (exact) mass is 186 g/mol. The Labute approximate surface area is 76.7 Å². The Balaban J connectivity index is 2.01. The molecule has 13 heavy (non-hydrogen) atoms. The average molecular weight is 186 g/mol. The van der Waals surface area contributed by atoms with Crippen LogP contribution in [-0.4, -0.2) is 30.4 Å². The highest BCUT2D eigenvalue weighted by molar-refractivity contribution is 5.79. The molecule has 0 saturated carbocycles. The molecule has 2 aliphatic rings. The number of hydrazine groups is 1. The van der Waals surface area contributed by atoms with Gasteiger partial charge in [0.1, 0.15) is 0 Å². The highest BCUT2D eigenvalue weighted by atomic mass is 16.7. The lowest BCUT2D eigenvalue weighted by Gasteiger charge is -2.40. The van der Waals surface area contributed by atoms with Crippen LogP contribution in [0.15, 0.2) is 0 Å². The zero-order valence-electron chi connectivity index (χ0n) is 7.85. The fourth-order valence-corrected chi connectivity index (χ4v) is 1.48. The van der Waals surface area contributed by atoms with Gasteiger partial charge >= 0.3 is 0 Å². The van der Waals surface area contributed by atoms with Crippen LogP contribution in [0.1, 0.15) is 20.3 Å².